The van der Waals surface area contributed by atoms with E-state index in [1.54, 1.807) is 6.07 Å². The van der Waals surface area contributed by atoms with Gasteiger partial charge in [0.15, 0.2) is 18.5 Å². The van der Waals surface area contributed by atoms with Crippen molar-refractivity contribution in [3.8, 4) is 11.3 Å². The van der Waals surface area contributed by atoms with Crippen LogP contribution in [0.25, 0.3) is 11.3 Å². The number of esters is 2. The number of hydrogen-bond donors (Lipinski definition) is 2. The van der Waals surface area contributed by atoms with Crippen LogP contribution < -0.4 is 5.32 Å². The van der Waals surface area contributed by atoms with Gasteiger partial charge < -0.3 is 29.4 Å². The Bertz CT molecular complexity index is 1270. The Morgan fingerprint density at radius 2 is 1.83 bits per heavy atom. The fourth-order valence-corrected chi connectivity index (χ4v) is 4.31. The van der Waals surface area contributed by atoms with Gasteiger partial charge in [-0.05, 0) is 12.8 Å². The number of nitro groups is 1. The van der Waals surface area contributed by atoms with Gasteiger partial charge in [0.1, 0.15) is 17.8 Å². The Morgan fingerprint density at radius 3 is 2.46 bits per heavy atom. The van der Waals surface area contributed by atoms with Crippen molar-refractivity contribution in [2.75, 3.05) is 6.61 Å². The van der Waals surface area contributed by atoms with Crippen LogP contribution in [0.1, 0.15) is 40.0 Å². The number of aromatic nitrogens is 3. The zero-order valence-corrected chi connectivity index (χ0v) is 22.6. The number of carboxylic acids is 1. The van der Waals surface area contributed by atoms with E-state index in [1.165, 1.54) is 36.0 Å². The van der Waals surface area contributed by atoms with Crippen LogP contribution in [0.3, 0.4) is 0 Å². The summed E-state index contributed by atoms with van der Waals surface area (Å²) in [6.45, 7) is 3.54. The lowest BCUT2D eigenvalue weighted by Crippen LogP contribution is -2.66. The first-order chi connectivity index (χ1) is 19.4. The molecular weight excluding hydrogens is 546 g/mol. The molecule has 3 rings (SSSR count). The lowest BCUT2D eigenvalue weighted by Gasteiger charge is -2.45. The number of carboxylic acid groups (broad SMARTS) is 1. The molecule has 1 amide bonds. The molecule has 1 aromatic carbocycles. The molecule has 2 unspecified atom stereocenters. The fourth-order valence-electron chi connectivity index (χ4n) is 4.31. The van der Waals surface area contributed by atoms with Crippen molar-refractivity contribution >= 4 is 29.5 Å². The van der Waals surface area contributed by atoms with Gasteiger partial charge in [0.25, 0.3) is 5.69 Å². The highest BCUT2D eigenvalue weighted by Gasteiger charge is 2.51. The molecule has 0 spiro atoms. The van der Waals surface area contributed by atoms with E-state index < -0.39 is 59.4 Å². The number of nitrogens with one attached hydrogen (secondary N) is 1. The van der Waals surface area contributed by atoms with E-state index in [-0.39, 0.29) is 25.3 Å². The third-order valence-electron chi connectivity index (χ3n) is 5.95. The number of nitrogens with zero attached hydrogens (tertiary/aromatic N) is 4. The Balaban J connectivity index is 1.89. The number of nitro benzene ring substituents is 1. The number of rotatable bonds is 13. The Hall–Kier alpha value is -4.44. The zero-order valence-electron chi connectivity index (χ0n) is 22.6. The molecule has 1 aliphatic heterocycles. The molecule has 16 heteroatoms. The Labute approximate surface area is 234 Å². The van der Waals surface area contributed by atoms with E-state index in [0.717, 1.165) is 13.8 Å². The van der Waals surface area contributed by atoms with Crippen molar-refractivity contribution in [3.63, 3.8) is 0 Å². The number of aliphatic carboxylic acids is 1. The molecule has 2 aromatic rings. The maximum Gasteiger partial charge on any atom is 0.303 e. The monoisotopic (exact) mass is 577 g/mol. The molecule has 1 aliphatic rings. The summed E-state index contributed by atoms with van der Waals surface area (Å²) in [5.41, 5.74) is 0.643. The predicted molar refractivity (Wildman–Crippen MR) is 137 cm³/mol. The van der Waals surface area contributed by atoms with Crippen LogP contribution in [-0.2, 0) is 44.7 Å². The van der Waals surface area contributed by atoms with Crippen LogP contribution >= 0.6 is 0 Å². The van der Waals surface area contributed by atoms with E-state index >= 15 is 0 Å². The summed E-state index contributed by atoms with van der Waals surface area (Å²) in [5, 5.41) is 30.8. The lowest BCUT2D eigenvalue weighted by atomic mass is 9.95. The third-order valence-corrected chi connectivity index (χ3v) is 5.95. The molecule has 0 bridgehead atoms. The minimum atomic E-state index is -1.22. The van der Waals surface area contributed by atoms with E-state index in [9.17, 15) is 29.3 Å². The van der Waals surface area contributed by atoms with Gasteiger partial charge in [-0.25, -0.2) is 4.68 Å². The van der Waals surface area contributed by atoms with E-state index in [4.69, 9.17) is 24.1 Å². The number of amides is 1. The molecule has 0 saturated carbocycles. The summed E-state index contributed by atoms with van der Waals surface area (Å²) in [6.07, 6.45) is -2.47. The summed E-state index contributed by atoms with van der Waals surface area (Å²) >= 11 is 0. The van der Waals surface area contributed by atoms with Gasteiger partial charge in [-0.3, -0.25) is 29.3 Å². The maximum absolute atomic E-state index is 12.1. The van der Waals surface area contributed by atoms with Gasteiger partial charge in [0.2, 0.25) is 5.91 Å². The summed E-state index contributed by atoms with van der Waals surface area (Å²) < 4.78 is 24.3. The number of non-ortho nitro benzene ring substituents is 1. The van der Waals surface area contributed by atoms with Gasteiger partial charge in [0.05, 0.1) is 17.7 Å². The first-order valence-electron chi connectivity index (χ1n) is 12.7. The molecule has 1 saturated heterocycles. The summed E-state index contributed by atoms with van der Waals surface area (Å²) in [4.78, 5) is 57.6. The molecule has 5 atom stereocenters. The van der Waals surface area contributed by atoms with Crippen LogP contribution in [0, 0.1) is 10.1 Å². The van der Waals surface area contributed by atoms with Crippen molar-refractivity contribution in [3.05, 3.63) is 40.6 Å². The van der Waals surface area contributed by atoms with Crippen LogP contribution in [0.5, 0.6) is 0 Å². The molecule has 2 N–H and O–H groups in total. The van der Waals surface area contributed by atoms with Gasteiger partial charge in [0, 0.05) is 51.5 Å². The van der Waals surface area contributed by atoms with Crippen LogP contribution in [0.4, 0.5) is 5.69 Å². The lowest BCUT2D eigenvalue weighted by molar-refractivity contribution is -0.384. The summed E-state index contributed by atoms with van der Waals surface area (Å²) in [5.74, 6) is -2.86. The molecule has 41 heavy (non-hydrogen) atoms. The van der Waals surface area contributed by atoms with Gasteiger partial charge in [-0.2, -0.15) is 0 Å². The number of unbranched alkanes of at least 4 members (excludes halogenated alkanes) is 1. The number of carbonyl (C=O) groups excluding carboxylic acids is 3. The third kappa shape index (κ3) is 9.04. The van der Waals surface area contributed by atoms with E-state index in [1.807, 2.05) is 0 Å². The van der Waals surface area contributed by atoms with Crippen molar-refractivity contribution in [1.82, 2.24) is 20.3 Å². The first-order valence-corrected chi connectivity index (χ1v) is 12.7. The van der Waals surface area contributed by atoms with Gasteiger partial charge in [-0.15, -0.1) is 5.10 Å². The van der Waals surface area contributed by atoms with E-state index in [0.29, 0.717) is 24.1 Å². The van der Waals surface area contributed by atoms with Crippen LogP contribution in [-0.4, -0.2) is 86.1 Å². The minimum absolute atomic E-state index is 0.0591. The first kappa shape index (κ1) is 31.1. The largest absolute Gasteiger partial charge is 0.481 e. The Morgan fingerprint density at radius 1 is 1.12 bits per heavy atom. The molecule has 0 aliphatic carbocycles. The molecule has 222 valence electrons. The van der Waals surface area contributed by atoms with Gasteiger partial charge >= 0.3 is 17.9 Å². The number of carbonyl (C=O) groups is 4. The van der Waals surface area contributed by atoms with Crippen LogP contribution in [0.2, 0.25) is 0 Å². The van der Waals surface area contributed by atoms with Gasteiger partial charge in [-0.1, -0.05) is 17.3 Å². The molecule has 2 heterocycles. The highest BCUT2D eigenvalue weighted by atomic mass is 16.7. The Kier molecular flexibility index (Phi) is 10.8. The quantitative estimate of drug-likeness (QED) is 0.149. The fraction of sp³-hybridized carbons (Fsp3) is 0.520. The second-order valence-corrected chi connectivity index (χ2v) is 9.27. The number of benzene rings is 1. The predicted octanol–water partition coefficient (Wildman–Crippen LogP) is 1.22. The van der Waals surface area contributed by atoms with Crippen LogP contribution in [0.15, 0.2) is 30.5 Å². The average molecular weight is 578 g/mol. The SMILES string of the molecule is CC(=O)N[C@H]1C(OC(C)=O)[C@@H](OC(C)=O)C(Cn2cc(-c3cccc([N+](=O)[O-])c3)nn2)O[C@H]1OCCCCC(=O)O. The van der Waals surface area contributed by atoms with Crippen molar-refractivity contribution < 1.29 is 48.2 Å². The molecule has 1 fully saturated rings. The maximum atomic E-state index is 12.1. The number of hydrogen-bond acceptors (Lipinski definition) is 12. The minimum Gasteiger partial charge on any atom is -0.481 e. The smallest absolute Gasteiger partial charge is 0.303 e. The molecule has 1 aromatic heterocycles. The second kappa shape index (κ2) is 14.3. The highest BCUT2D eigenvalue weighted by molar-refractivity contribution is 5.73. The average Bonchev–Trinajstić information content (AvgIpc) is 3.35. The molecule has 0 radical (unpaired) electrons. The van der Waals surface area contributed by atoms with Crippen molar-refractivity contribution in [1.29, 1.82) is 0 Å². The van der Waals surface area contributed by atoms with E-state index in [2.05, 4.69) is 15.6 Å². The number of ether oxygens (including phenoxy) is 4. The topological polar surface area (TPSA) is 211 Å². The highest BCUT2D eigenvalue weighted by Crippen LogP contribution is 2.29. The second-order valence-electron chi connectivity index (χ2n) is 9.27. The molecule has 16 nitrogen and oxygen atoms in total. The summed E-state index contributed by atoms with van der Waals surface area (Å²) in [6, 6.07) is 4.75. The molecular formula is C25H31N5O11. The zero-order chi connectivity index (χ0) is 30.1. The normalized spacial score (nSPS) is 22.0. The van der Waals surface area contributed by atoms with Crippen molar-refractivity contribution in [2.45, 2.75) is 77.2 Å². The van der Waals surface area contributed by atoms with Crippen molar-refractivity contribution in [2.24, 2.45) is 0 Å². The standard InChI is InChI=1S/C25H31N5O11/c1-14(31)26-22-24(40-16(3)33)23(39-15(2)32)20(41-25(22)38-10-5-4-9-21(34)35)13-29-12-19(27-28-29)17-7-6-8-18(11-17)30(36)37/h6-8,11-12,20,22-25H,4-5,9-10,13H2,1-3H3,(H,26,31)(H,34,35)/t20?,22-,23-,24?,25+/m0/s1. The summed E-state index contributed by atoms with van der Waals surface area (Å²) in [7, 11) is 0.